The third kappa shape index (κ3) is 4.44. The minimum absolute atomic E-state index is 0.0140. The Labute approximate surface area is 141 Å². The number of benzene rings is 1. The summed E-state index contributed by atoms with van der Waals surface area (Å²) in [7, 11) is 0. The van der Waals surface area contributed by atoms with E-state index >= 15 is 0 Å². The van der Waals surface area contributed by atoms with Gasteiger partial charge in [0.1, 0.15) is 0 Å². The van der Waals surface area contributed by atoms with E-state index in [1.807, 2.05) is 49.5 Å². The van der Waals surface area contributed by atoms with Crippen molar-refractivity contribution in [2.45, 2.75) is 24.9 Å². The van der Waals surface area contributed by atoms with Crippen LogP contribution >= 0.6 is 23.5 Å². The maximum Gasteiger partial charge on any atom is 0.253 e. The second-order valence-electron chi connectivity index (χ2n) is 5.42. The monoisotopic (exact) mass is 334 g/mol. The molecule has 118 valence electrons. The van der Waals surface area contributed by atoms with E-state index < -0.39 is 0 Å². The van der Waals surface area contributed by atoms with Gasteiger partial charge in [0.15, 0.2) is 0 Å². The maximum atomic E-state index is 12.5. The minimum atomic E-state index is -0.141. The molecule has 2 rings (SSSR count). The van der Waals surface area contributed by atoms with Crippen LogP contribution in [0.4, 0.5) is 0 Å². The molecule has 3 nitrogen and oxygen atoms in total. The van der Waals surface area contributed by atoms with Crippen molar-refractivity contribution in [3.8, 4) is 6.07 Å². The second kappa shape index (κ2) is 8.50. The lowest BCUT2D eigenvalue weighted by atomic mass is 10.1. The van der Waals surface area contributed by atoms with E-state index in [2.05, 4.69) is 18.2 Å². The summed E-state index contributed by atoms with van der Waals surface area (Å²) in [6, 6.07) is 10.2. The van der Waals surface area contributed by atoms with Gasteiger partial charge in [0.25, 0.3) is 5.91 Å². The van der Waals surface area contributed by atoms with E-state index in [0.29, 0.717) is 23.2 Å². The van der Waals surface area contributed by atoms with E-state index in [1.165, 1.54) is 23.5 Å². The number of nitrogens with zero attached hydrogens (tertiary/aromatic N) is 2. The third-order valence-corrected chi connectivity index (χ3v) is 6.66. The summed E-state index contributed by atoms with van der Waals surface area (Å²) in [5, 5.41) is 8.92. The van der Waals surface area contributed by atoms with E-state index in [9.17, 15) is 4.79 Å². The number of amides is 1. The largest absolute Gasteiger partial charge is 0.338 e. The molecule has 0 radical (unpaired) electrons. The van der Waals surface area contributed by atoms with Gasteiger partial charge in [0.05, 0.1) is 16.6 Å². The molecular formula is C17H22N2OS2. The van der Waals surface area contributed by atoms with E-state index in [0.717, 1.165) is 0 Å². The summed E-state index contributed by atoms with van der Waals surface area (Å²) in [6.07, 6.45) is 1.28. The first-order valence-corrected chi connectivity index (χ1v) is 9.77. The molecule has 1 aliphatic heterocycles. The zero-order valence-electron chi connectivity index (χ0n) is 13.1. The Kier molecular flexibility index (Phi) is 6.66. The molecule has 1 aromatic carbocycles. The lowest BCUT2D eigenvalue weighted by Gasteiger charge is -2.23. The van der Waals surface area contributed by atoms with Crippen LogP contribution in [-0.2, 0) is 0 Å². The van der Waals surface area contributed by atoms with Crippen molar-refractivity contribution in [3.63, 3.8) is 0 Å². The summed E-state index contributed by atoms with van der Waals surface area (Å²) in [5.74, 6) is 2.31. The van der Waals surface area contributed by atoms with Crippen LogP contribution in [0.2, 0.25) is 0 Å². The topological polar surface area (TPSA) is 44.1 Å². The molecule has 0 aliphatic carbocycles. The van der Waals surface area contributed by atoms with Crippen molar-refractivity contribution in [1.29, 1.82) is 5.26 Å². The zero-order valence-corrected chi connectivity index (χ0v) is 14.8. The smallest absolute Gasteiger partial charge is 0.253 e. The fraction of sp³-hybridized carbons (Fsp3) is 0.529. The first-order chi connectivity index (χ1) is 10.7. The molecule has 5 heteroatoms. The van der Waals surface area contributed by atoms with Crippen LogP contribution in [0.5, 0.6) is 0 Å². The van der Waals surface area contributed by atoms with Gasteiger partial charge in [0, 0.05) is 18.7 Å². The number of hydrogen-bond donors (Lipinski definition) is 0. The third-order valence-electron chi connectivity index (χ3n) is 3.64. The number of rotatable bonds is 5. The molecule has 1 fully saturated rings. The number of nitriles is 1. The molecular weight excluding hydrogens is 312 g/mol. The number of carbonyl (C=O) groups is 1. The van der Waals surface area contributed by atoms with Gasteiger partial charge in [-0.25, -0.2) is 0 Å². The van der Waals surface area contributed by atoms with Crippen LogP contribution < -0.4 is 0 Å². The molecule has 0 N–H and O–H groups in total. The van der Waals surface area contributed by atoms with Crippen molar-refractivity contribution in [2.24, 2.45) is 5.92 Å². The summed E-state index contributed by atoms with van der Waals surface area (Å²) in [5.41, 5.74) is 2.00. The second-order valence-corrected chi connectivity index (χ2v) is 8.15. The Morgan fingerprint density at radius 1 is 1.36 bits per heavy atom. The van der Waals surface area contributed by atoms with Crippen LogP contribution in [0.3, 0.4) is 0 Å². The van der Waals surface area contributed by atoms with Crippen molar-refractivity contribution in [1.82, 2.24) is 4.90 Å². The molecule has 0 saturated carbocycles. The molecule has 1 atom stereocenters. The highest BCUT2D eigenvalue weighted by Crippen LogP contribution is 2.43. The molecule has 0 spiro atoms. The van der Waals surface area contributed by atoms with Crippen LogP contribution in [-0.4, -0.2) is 35.4 Å². The molecule has 1 aromatic rings. The standard InChI is InChI=1S/C17H22N2OS2/c1-3-19(12-13(2)11-18)16(20)14-5-7-15(8-6-14)17-21-9-4-10-22-17/h5-8,13,17H,3-4,9-10,12H2,1-2H3. The lowest BCUT2D eigenvalue weighted by molar-refractivity contribution is 0.0752. The average Bonchev–Trinajstić information content (AvgIpc) is 2.59. The highest BCUT2D eigenvalue weighted by Gasteiger charge is 2.19. The molecule has 1 unspecified atom stereocenters. The molecule has 1 heterocycles. The van der Waals surface area contributed by atoms with Crippen LogP contribution in [0.25, 0.3) is 0 Å². The van der Waals surface area contributed by atoms with E-state index in [-0.39, 0.29) is 11.8 Å². The summed E-state index contributed by atoms with van der Waals surface area (Å²) in [4.78, 5) is 14.3. The van der Waals surface area contributed by atoms with Gasteiger partial charge < -0.3 is 4.90 Å². The van der Waals surface area contributed by atoms with Crippen LogP contribution in [0, 0.1) is 17.2 Å². The molecule has 1 saturated heterocycles. The number of thioether (sulfide) groups is 2. The van der Waals surface area contributed by atoms with E-state index in [1.54, 1.807) is 4.90 Å². The fourth-order valence-corrected chi connectivity index (χ4v) is 5.27. The number of hydrogen-bond acceptors (Lipinski definition) is 4. The van der Waals surface area contributed by atoms with Crippen molar-refractivity contribution in [2.75, 3.05) is 24.6 Å². The fourth-order valence-electron chi connectivity index (χ4n) is 2.37. The van der Waals surface area contributed by atoms with Crippen molar-refractivity contribution in [3.05, 3.63) is 35.4 Å². The first kappa shape index (κ1) is 17.2. The average molecular weight is 335 g/mol. The quantitative estimate of drug-likeness (QED) is 0.810. The van der Waals surface area contributed by atoms with Crippen molar-refractivity contribution < 1.29 is 4.79 Å². The van der Waals surface area contributed by atoms with Crippen LogP contribution in [0.15, 0.2) is 24.3 Å². The lowest BCUT2D eigenvalue weighted by Crippen LogP contribution is -2.34. The number of carbonyl (C=O) groups excluding carboxylic acids is 1. The molecule has 0 bridgehead atoms. The van der Waals surface area contributed by atoms with Crippen molar-refractivity contribution >= 4 is 29.4 Å². The van der Waals surface area contributed by atoms with E-state index in [4.69, 9.17) is 5.26 Å². The summed E-state index contributed by atoms with van der Waals surface area (Å²) >= 11 is 3.97. The Bertz CT molecular complexity index is 533. The molecule has 1 aliphatic rings. The Hall–Kier alpha value is -1.12. The summed E-state index contributed by atoms with van der Waals surface area (Å²) < 4.78 is 0.499. The predicted octanol–water partition coefficient (Wildman–Crippen LogP) is 4.18. The Balaban J connectivity index is 2.05. The summed E-state index contributed by atoms with van der Waals surface area (Å²) in [6.45, 7) is 4.91. The van der Waals surface area contributed by atoms with Gasteiger partial charge in [0.2, 0.25) is 0 Å². The minimum Gasteiger partial charge on any atom is -0.338 e. The zero-order chi connectivity index (χ0) is 15.9. The highest BCUT2D eigenvalue weighted by molar-refractivity contribution is 8.16. The molecule has 1 amide bonds. The van der Waals surface area contributed by atoms with Gasteiger partial charge in [-0.15, -0.1) is 23.5 Å². The van der Waals surface area contributed by atoms with Gasteiger partial charge in [-0.2, -0.15) is 5.26 Å². The molecule has 22 heavy (non-hydrogen) atoms. The molecule has 0 aromatic heterocycles. The normalized spacial score (nSPS) is 16.8. The van der Waals surface area contributed by atoms with Gasteiger partial charge in [-0.05, 0) is 49.5 Å². The maximum absolute atomic E-state index is 12.5. The van der Waals surface area contributed by atoms with Gasteiger partial charge >= 0.3 is 0 Å². The Morgan fingerprint density at radius 2 is 2.00 bits per heavy atom. The van der Waals surface area contributed by atoms with Gasteiger partial charge in [-0.1, -0.05) is 12.1 Å². The highest BCUT2D eigenvalue weighted by atomic mass is 32.2. The van der Waals surface area contributed by atoms with Gasteiger partial charge in [-0.3, -0.25) is 4.79 Å². The SMILES string of the molecule is CCN(CC(C)C#N)C(=O)c1ccc(C2SCCCS2)cc1. The Morgan fingerprint density at radius 3 is 2.55 bits per heavy atom. The van der Waals surface area contributed by atoms with Crippen LogP contribution in [0.1, 0.15) is 40.8 Å². The first-order valence-electron chi connectivity index (χ1n) is 7.67. The predicted molar refractivity (Wildman–Crippen MR) is 95.1 cm³/mol.